The van der Waals surface area contributed by atoms with E-state index in [1.807, 2.05) is 0 Å². The number of hydrogen-bond acceptors (Lipinski definition) is 3. The molecule has 0 amide bonds. The van der Waals surface area contributed by atoms with Gasteiger partial charge in [0.15, 0.2) is 0 Å². The topological polar surface area (TPSA) is 52.0 Å². The van der Waals surface area contributed by atoms with Gasteiger partial charge in [0.1, 0.15) is 6.26 Å². The average Bonchev–Trinajstić information content (AvgIpc) is 2.77. The minimum Gasteiger partial charge on any atom is -0.364 e. The van der Waals surface area contributed by atoms with E-state index in [1.165, 1.54) is 25.7 Å². The van der Waals surface area contributed by atoms with E-state index in [1.54, 1.807) is 12.5 Å². The maximum atomic E-state index is 6.04. The molecule has 0 radical (unpaired) electrons. The first-order chi connectivity index (χ1) is 5.88. The van der Waals surface area contributed by atoms with Gasteiger partial charge < -0.3 is 10.3 Å². The molecule has 1 saturated carbocycles. The van der Waals surface area contributed by atoms with Gasteiger partial charge in [-0.25, -0.2) is 0 Å². The Morgan fingerprint density at radius 3 is 2.83 bits per heavy atom. The van der Waals surface area contributed by atoms with Crippen LogP contribution < -0.4 is 5.73 Å². The minimum absolute atomic E-state index is 0.138. The molecule has 0 aromatic carbocycles. The van der Waals surface area contributed by atoms with E-state index in [0.29, 0.717) is 5.92 Å². The van der Waals surface area contributed by atoms with Gasteiger partial charge in [-0.05, 0) is 18.8 Å². The zero-order chi connectivity index (χ0) is 8.39. The molecular formula is C9H14N2O. The van der Waals surface area contributed by atoms with Gasteiger partial charge in [-0.1, -0.05) is 18.0 Å². The Morgan fingerprint density at radius 1 is 1.50 bits per heavy atom. The molecule has 1 aromatic heterocycles. The Kier molecular flexibility index (Phi) is 2.13. The molecule has 1 atom stereocenters. The second-order valence-corrected chi connectivity index (χ2v) is 3.53. The van der Waals surface area contributed by atoms with Gasteiger partial charge in [0.05, 0.1) is 6.20 Å². The van der Waals surface area contributed by atoms with Crippen molar-refractivity contribution in [1.82, 2.24) is 5.16 Å². The second-order valence-electron chi connectivity index (χ2n) is 3.53. The Bertz CT molecular complexity index is 227. The van der Waals surface area contributed by atoms with Crippen LogP contribution in [-0.4, -0.2) is 5.16 Å². The minimum atomic E-state index is 0.138. The summed E-state index contributed by atoms with van der Waals surface area (Å²) in [6, 6.07) is 0.138. The maximum absolute atomic E-state index is 6.04. The van der Waals surface area contributed by atoms with Crippen LogP contribution in [-0.2, 0) is 0 Å². The maximum Gasteiger partial charge on any atom is 0.128 e. The molecule has 12 heavy (non-hydrogen) atoms. The third-order valence-electron chi connectivity index (χ3n) is 2.74. The van der Waals surface area contributed by atoms with Gasteiger partial charge in [0, 0.05) is 11.6 Å². The summed E-state index contributed by atoms with van der Waals surface area (Å²) >= 11 is 0. The van der Waals surface area contributed by atoms with Gasteiger partial charge in [-0.2, -0.15) is 0 Å². The van der Waals surface area contributed by atoms with Crippen LogP contribution in [0.1, 0.15) is 37.3 Å². The molecule has 1 aliphatic carbocycles. The number of nitrogens with two attached hydrogens (primary N) is 1. The molecule has 0 bridgehead atoms. The lowest BCUT2D eigenvalue weighted by molar-refractivity contribution is 0.410. The summed E-state index contributed by atoms with van der Waals surface area (Å²) in [7, 11) is 0. The molecule has 1 unspecified atom stereocenters. The van der Waals surface area contributed by atoms with Crippen LogP contribution in [0.4, 0.5) is 0 Å². The summed E-state index contributed by atoms with van der Waals surface area (Å²) in [5, 5.41) is 3.66. The van der Waals surface area contributed by atoms with Crippen LogP contribution in [0.3, 0.4) is 0 Å². The normalized spacial score (nSPS) is 21.4. The molecule has 1 aromatic rings. The molecule has 1 aliphatic rings. The Morgan fingerprint density at radius 2 is 2.25 bits per heavy atom. The lowest BCUT2D eigenvalue weighted by atomic mass is 9.95. The zero-order valence-corrected chi connectivity index (χ0v) is 7.07. The largest absolute Gasteiger partial charge is 0.364 e. The first-order valence-corrected chi connectivity index (χ1v) is 4.53. The first-order valence-electron chi connectivity index (χ1n) is 4.53. The molecule has 0 spiro atoms. The molecule has 0 aliphatic heterocycles. The zero-order valence-electron chi connectivity index (χ0n) is 7.07. The van der Waals surface area contributed by atoms with Crippen molar-refractivity contribution in [2.24, 2.45) is 11.7 Å². The van der Waals surface area contributed by atoms with Crippen molar-refractivity contribution in [2.75, 3.05) is 0 Å². The summed E-state index contributed by atoms with van der Waals surface area (Å²) in [5.74, 6) is 0.643. The van der Waals surface area contributed by atoms with Crippen molar-refractivity contribution in [3.63, 3.8) is 0 Å². The Labute approximate surface area is 71.9 Å². The number of rotatable bonds is 2. The van der Waals surface area contributed by atoms with Crippen LogP contribution in [0, 0.1) is 5.92 Å². The van der Waals surface area contributed by atoms with E-state index in [9.17, 15) is 0 Å². The van der Waals surface area contributed by atoms with Crippen molar-refractivity contribution in [3.8, 4) is 0 Å². The van der Waals surface area contributed by atoms with E-state index in [-0.39, 0.29) is 6.04 Å². The molecule has 2 rings (SSSR count). The lowest BCUT2D eigenvalue weighted by Crippen LogP contribution is -2.18. The summed E-state index contributed by atoms with van der Waals surface area (Å²) in [6.45, 7) is 0. The van der Waals surface area contributed by atoms with Gasteiger partial charge >= 0.3 is 0 Å². The van der Waals surface area contributed by atoms with Crippen LogP contribution in [0.5, 0.6) is 0 Å². The quantitative estimate of drug-likeness (QED) is 0.729. The summed E-state index contributed by atoms with van der Waals surface area (Å²) in [5.41, 5.74) is 7.09. The highest BCUT2D eigenvalue weighted by Crippen LogP contribution is 2.33. The van der Waals surface area contributed by atoms with E-state index in [2.05, 4.69) is 5.16 Å². The average molecular weight is 166 g/mol. The monoisotopic (exact) mass is 166 g/mol. The fourth-order valence-corrected chi connectivity index (χ4v) is 1.97. The molecule has 3 nitrogen and oxygen atoms in total. The molecule has 1 fully saturated rings. The Hall–Kier alpha value is -0.830. The van der Waals surface area contributed by atoms with Crippen LogP contribution in [0.25, 0.3) is 0 Å². The highest BCUT2D eigenvalue weighted by molar-refractivity contribution is 5.08. The summed E-state index contributed by atoms with van der Waals surface area (Å²) in [6.07, 6.45) is 8.54. The summed E-state index contributed by atoms with van der Waals surface area (Å²) < 4.78 is 4.77. The highest BCUT2D eigenvalue weighted by atomic mass is 16.5. The predicted octanol–water partition coefficient (Wildman–Crippen LogP) is 1.86. The van der Waals surface area contributed by atoms with E-state index in [4.69, 9.17) is 10.3 Å². The van der Waals surface area contributed by atoms with Crippen molar-refractivity contribution in [3.05, 3.63) is 18.0 Å². The van der Waals surface area contributed by atoms with E-state index >= 15 is 0 Å². The van der Waals surface area contributed by atoms with Crippen molar-refractivity contribution >= 4 is 0 Å². The van der Waals surface area contributed by atoms with Crippen LogP contribution in [0.15, 0.2) is 17.0 Å². The molecule has 0 saturated heterocycles. The highest BCUT2D eigenvalue weighted by Gasteiger charge is 2.23. The second kappa shape index (κ2) is 3.27. The smallest absolute Gasteiger partial charge is 0.128 e. The molecular weight excluding hydrogens is 152 g/mol. The third kappa shape index (κ3) is 1.37. The molecule has 2 N–H and O–H groups in total. The number of nitrogens with zero attached hydrogens (tertiary/aromatic N) is 1. The van der Waals surface area contributed by atoms with E-state index < -0.39 is 0 Å². The Balaban J connectivity index is 2.04. The fourth-order valence-electron chi connectivity index (χ4n) is 1.97. The van der Waals surface area contributed by atoms with Crippen LogP contribution >= 0.6 is 0 Å². The SMILES string of the molecule is NC(c1cnoc1)C1CCCC1. The van der Waals surface area contributed by atoms with Gasteiger partial charge in [-0.3, -0.25) is 0 Å². The van der Waals surface area contributed by atoms with Crippen molar-refractivity contribution in [1.29, 1.82) is 0 Å². The number of aromatic nitrogens is 1. The van der Waals surface area contributed by atoms with Gasteiger partial charge in [0.25, 0.3) is 0 Å². The van der Waals surface area contributed by atoms with E-state index in [0.717, 1.165) is 5.56 Å². The lowest BCUT2D eigenvalue weighted by Gasteiger charge is -2.15. The van der Waals surface area contributed by atoms with Crippen molar-refractivity contribution in [2.45, 2.75) is 31.7 Å². The molecule has 1 heterocycles. The standard InChI is InChI=1S/C9H14N2O/c10-9(7-3-1-2-4-7)8-5-11-12-6-8/h5-7,9H,1-4,10H2. The fraction of sp³-hybridized carbons (Fsp3) is 0.667. The molecule has 3 heteroatoms. The third-order valence-corrected chi connectivity index (χ3v) is 2.74. The predicted molar refractivity (Wildman–Crippen MR) is 45.4 cm³/mol. The number of hydrogen-bond donors (Lipinski definition) is 1. The molecule has 66 valence electrons. The van der Waals surface area contributed by atoms with Crippen LogP contribution in [0.2, 0.25) is 0 Å². The first kappa shape index (κ1) is 7.80. The van der Waals surface area contributed by atoms with Crippen molar-refractivity contribution < 1.29 is 4.52 Å². The van der Waals surface area contributed by atoms with Gasteiger partial charge in [-0.15, -0.1) is 0 Å². The summed E-state index contributed by atoms with van der Waals surface area (Å²) in [4.78, 5) is 0. The van der Waals surface area contributed by atoms with Gasteiger partial charge in [0.2, 0.25) is 0 Å².